The van der Waals surface area contributed by atoms with Crippen LogP contribution in [0.15, 0.2) is 30.5 Å². The van der Waals surface area contributed by atoms with Crippen molar-refractivity contribution in [2.45, 2.75) is 45.1 Å². The molecule has 0 saturated heterocycles. The summed E-state index contributed by atoms with van der Waals surface area (Å²) < 4.78 is 0. The van der Waals surface area contributed by atoms with E-state index in [1.54, 1.807) is 0 Å². The van der Waals surface area contributed by atoms with Crippen molar-refractivity contribution in [3.05, 3.63) is 36.0 Å². The fraction of sp³-hybridized carbons (Fsp3) is 0.438. The van der Waals surface area contributed by atoms with E-state index in [-0.39, 0.29) is 0 Å². The number of anilines is 1. The van der Waals surface area contributed by atoms with E-state index in [1.165, 1.54) is 42.3 Å². The second-order valence-corrected chi connectivity index (χ2v) is 5.15. The molecule has 1 heterocycles. The van der Waals surface area contributed by atoms with Crippen molar-refractivity contribution in [2.24, 2.45) is 0 Å². The molecule has 0 atom stereocenters. The Morgan fingerprint density at radius 3 is 2.83 bits per heavy atom. The standard InChI is InChI=1S/C16H20N2/c1-2-12-6-5-9-14-15(10-11-17-16(12)14)18-13-7-3-4-8-13/h5-6,9-11,13H,2-4,7-8H2,1H3,(H,17,18). The van der Waals surface area contributed by atoms with Crippen LogP contribution in [0, 0.1) is 0 Å². The van der Waals surface area contributed by atoms with Crippen molar-refractivity contribution < 1.29 is 0 Å². The van der Waals surface area contributed by atoms with Crippen molar-refractivity contribution in [2.75, 3.05) is 5.32 Å². The van der Waals surface area contributed by atoms with Gasteiger partial charge in [0.25, 0.3) is 0 Å². The maximum Gasteiger partial charge on any atom is 0.0754 e. The van der Waals surface area contributed by atoms with Crippen molar-refractivity contribution in [3.8, 4) is 0 Å². The van der Waals surface area contributed by atoms with Gasteiger partial charge in [0.05, 0.1) is 5.52 Å². The highest BCUT2D eigenvalue weighted by molar-refractivity contribution is 5.93. The van der Waals surface area contributed by atoms with Gasteiger partial charge in [0.1, 0.15) is 0 Å². The minimum absolute atomic E-state index is 0.654. The zero-order valence-corrected chi connectivity index (χ0v) is 10.9. The third-order valence-electron chi connectivity index (χ3n) is 3.95. The van der Waals surface area contributed by atoms with Crippen LogP contribution in [0.25, 0.3) is 10.9 Å². The molecule has 1 fully saturated rings. The number of benzene rings is 1. The first-order valence-corrected chi connectivity index (χ1v) is 7.01. The highest BCUT2D eigenvalue weighted by Gasteiger charge is 2.15. The van der Waals surface area contributed by atoms with Crippen LogP contribution >= 0.6 is 0 Å². The van der Waals surface area contributed by atoms with Gasteiger partial charge in [-0.05, 0) is 30.9 Å². The Kier molecular flexibility index (Phi) is 3.18. The van der Waals surface area contributed by atoms with E-state index < -0.39 is 0 Å². The minimum Gasteiger partial charge on any atom is -0.382 e. The number of pyridine rings is 1. The first-order valence-electron chi connectivity index (χ1n) is 7.01. The fourth-order valence-corrected chi connectivity index (χ4v) is 2.94. The van der Waals surface area contributed by atoms with Crippen molar-refractivity contribution in [1.29, 1.82) is 0 Å². The van der Waals surface area contributed by atoms with Gasteiger partial charge in [-0.25, -0.2) is 0 Å². The zero-order chi connectivity index (χ0) is 12.4. The largest absolute Gasteiger partial charge is 0.382 e. The number of nitrogens with zero attached hydrogens (tertiary/aromatic N) is 1. The SMILES string of the molecule is CCc1cccc2c(NC3CCCC3)ccnc12. The molecule has 1 aliphatic rings. The summed E-state index contributed by atoms with van der Waals surface area (Å²) in [6.07, 6.45) is 8.30. The molecule has 2 heteroatoms. The molecule has 1 N–H and O–H groups in total. The van der Waals surface area contributed by atoms with Gasteiger partial charge in [-0.15, -0.1) is 0 Å². The predicted molar refractivity (Wildman–Crippen MR) is 77.0 cm³/mol. The molecule has 0 aliphatic heterocycles. The van der Waals surface area contributed by atoms with E-state index >= 15 is 0 Å². The highest BCUT2D eigenvalue weighted by Crippen LogP contribution is 2.28. The van der Waals surface area contributed by atoms with Gasteiger partial charge in [-0.1, -0.05) is 38.0 Å². The summed E-state index contributed by atoms with van der Waals surface area (Å²) in [5.41, 5.74) is 3.74. The topological polar surface area (TPSA) is 24.9 Å². The van der Waals surface area contributed by atoms with E-state index in [9.17, 15) is 0 Å². The molecule has 3 rings (SSSR count). The fourth-order valence-electron chi connectivity index (χ4n) is 2.94. The Morgan fingerprint density at radius 2 is 2.06 bits per heavy atom. The zero-order valence-electron chi connectivity index (χ0n) is 10.9. The smallest absolute Gasteiger partial charge is 0.0754 e. The number of hydrogen-bond donors (Lipinski definition) is 1. The van der Waals surface area contributed by atoms with Crippen LogP contribution in [-0.2, 0) is 6.42 Å². The quantitative estimate of drug-likeness (QED) is 0.871. The lowest BCUT2D eigenvalue weighted by Crippen LogP contribution is -2.14. The molecule has 0 spiro atoms. The summed E-state index contributed by atoms with van der Waals surface area (Å²) in [4.78, 5) is 4.55. The maximum absolute atomic E-state index is 4.55. The van der Waals surface area contributed by atoms with Gasteiger partial charge < -0.3 is 5.32 Å². The normalized spacial score (nSPS) is 16.3. The van der Waals surface area contributed by atoms with Crippen LogP contribution in [0.4, 0.5) is 5.69 Å². The van der Waals surface area contributed by atoms with E-state index in [0.717, 1.165) is 11.9 Å². The number of para-hydroxylation sites is 1. The van der Waals surface area contributed by atoms with Crippen LogP contribution in [0.5, 0.6) is 0 Å². The van der Waals surface area contributed by atoms with E-state index in [4.69, 9.17) is 0 Å². The first kappa shape index (κ1) is 11.5. The number of fused-ring (bicyclic) bond motifs is 1. The average Bonchev–Trinajstić information content (AvgIpc) is 2.91. The van der Waals surface area contributed by atoms with Crippen molar-refractivity contribution in [1.82, 2.24) is 4.98 Å². The number of nitrogens with one attached hydrogen (secondary N) is 1. The Morgan fingerprint density at radius 1 is 1.22 bits per heavy atom. The molecular formula is C16H20N2. The molecule has 0 bridgehead atoms. The Bertz CT molecular complexity index is 542. The highest BCUT2D eigenvalue weighted by atomic mass is 14.9. The molecule has 18 heavy (non-hydrogen) atoms. The molecule has 2 nitrogen and oxygen atoms in total. The third-order valence-corrected chi connectivity index (χ3v) is 3.95. The third kappa shape index (κ3) is 2.07. The lowest BCUT2D eigenvalue weighted by Gasteiger charge is -2.16. The molecule has 0 radical (unpaired) electrons. The maximum atomic E-state index is 4.55. The summed E-state index contributed by atoms with van der Waals surface area (Å²) in [5.74, 6) is 0. The van der Waals surface area contributed by atoms with Crippen LogP contribution in [0.2, 0.25) is 0 Å². The van der Waals surface area contributed by atoms with Crippen LogP contribution in [0.1, 0.15) is 38.2 Å². The van der Waals surface area contributed by atoms with Gasteiger partial charge in [-0.3, -0.25) is 4.98 Å². The second kappa shape index (κ2) is 4.97. The van der Waals surface area contributed by atoms with E-state index in [1.807, 2.05) is 6.20 Å². The van der Waals surface area contributed by atoms with Crippen LogP contribution in [-0.4, -0.2) is 11.0 Å². The van der Waals surface area contributed by atoms with Gasteiger partial charge in [0.2, 0.25) is 0 Å². The summed E-state index contributed by atoms with van der Waals surface area (Å²) in [5, 5.41) is 4.96. The number of aromatic nitrogens is 1. The number of aryl methyl sites for hydroxylation is 1. The van der Waals surface area contributed by atoms with Gasteiger partial charge in [0, 0.05) is 23.3 Å². The van der Waals surface area contributed by atoms with E-state index in [2.05, 4.69) is 41.5 Å². The summed E-state index contributed by atoms with van der Waals surface area (Å²) >= 11 is 0. The molecular weight excluding hydrogens is 220 g/mol. The average molecular weight is 240 g/mol. The Balaban J connectivity index is 2.01. The molecule has 2 aromatic rings. The lowest BCUT2D eigenvalue weighted by molar-refractivity contribution is 0.756. The first-order chi connectivity index (χ1) is 8.88. The van der Waals surface area contributed by atoms with Gasteiger partial charge in [0.15, 0.2) is 0 Å². The molecule has 1 aliphatic carbocycles. The van der Waals surface area contributed by atoms with Gasteiger partial charge >= 0.3 is 0 Å². The Labute approximate surface area is 108 Å². The second-order valence-electron chi connectivity index (χ2n) is 5.15. The van der Waals surface area contributed by atoms with Crippen LogP contribution in [0.3, 0.4) is 0 Å². The molecule has 94 valence electrons. The molecule has 0 unspecified atom stereocenters. The molecule has 0 amide bonds. The molecule has 1 aromatic heterocycles. The molecule has 1 aromatic carbocycles. The van der Waals surface area contributed by atoms with E-state index in [0.29, 0.717) is 6.04 Å². The summed E-state index contributed by atoms with van der Waals surface area (Å²) in [6.45, 7) is 2.19. The predicted octanol–water partition coefficient (Wildman–Crippen LogP) is 4.15. The number of rotatable bonds is 3. The molecule has 1 saturated carbocycles. The minimum atomic E-state index is 0.654. The lowest BCUT2D eigenvalue weighted by atomic mass is 10.1. The van der Waals surface area contributed by atoms with Crippen LogP contribution < -0.4 is 5.32 Å². The monoisotopic (exact) mass is 240 g/mol. The Hall–Kier alpha value is -1.57. The summed E-state index contributed by atoms with van der Waals surface area (Å²) in [6, 6.07) is 9.26. The van der Waals surface area contributed by atoms with Crippen molar-refractivity contribution >= 4 is 16.6 Å². The summed E-state index contributed by atoms with van der Waals surface area (Å²) in [7, 11) is 0. The number of hydrogen-bond acceptors (Lipinski definition) is 2. The van der Waals surface area contributed by atoms with Gasteiger partial charge in [-0.2, -0.15) is 0 Å². The van der Waals surface area contributed by atoms with Crippen molar-refractivity contribution in [3.63, 3.8) is 0 Å².